The van der Waals surface area contributed by atoms with E-state index >= 15 is 0 Å². The minimum atomic E-state index is 0.485. The molecule has 10 heavy (non-hydrogen) atoms. The first kappa shape index (κ1) is 7.58. The first-order valence-corrected chi connectivity index (χ1v) is 3.42. The molecule has 0 heterocycles. The van der Waals surface area contributed by atoms with E-state index in [0.29, 0.717) is 11.6 Å². The zero-order valence-electron chi connectivity index (χ0n) is 5.60. The van der Waals surface area contributed by atoms with Crippen molar-refractivity contribution in [3.8, 4) is 0 Å². The van der Waals surface area contributed by atoms with E-state index in [9.17, 15) is 0 Å². The van der Waals surface area contributed by atoms with Gasteiger partial charge in [0.25, 0.3) is 0 Å². The average molecular weight is 155 g/mol. The normalized spacial score (nSPS) is 9.90. The van der Waals surface area contributed by atoms with E-state index in [4.69, 9.17) is 17.3 Å². The molecule has 0 aromatic heterocycles. The molecule has 0 unspecified atom stereocenters. The molecule has 0 fully saturated rings. The molecule has 53 valence electrons. The molecule has 2 N–H and O–H groups in total. The van der Waals surface area contributed by atoms with Gasteiger partial charge in [0, 0.05) is 11.6 Å². The third kappa shape index (κ3) is 1.49. The second kappa shape index (κ2) is 3.04. The lowest BCUT2D eigenvalue weighted by molar-refractivity contribution is 1.07. The fourth-order valence-corrected chi connectivity index (χ4v) is 1.04. The van der Waals surface area contributed by atoms with Crippen LogP contribution in [0.3, 0.4) is 0 Å². The Labute approximate surface area is 65.8 Å². The SMILES string of the molecule is [CH2]c1ccc(CN)c(Cl)c1. The summed E-state index contributed by atoms with van der Waals surface area (Å²) in [4.78, 5) is 0. The van der Waals surface area contributed by atoms with Gasteiger partial charge in [-0.2, -0.15) is 0 Å². The molecule has 2 heteroatoms. The van der Waals surface area contributed by atoms with Crippen LogP contribution in [0.1, 0.15) is 11.1 Å². The summed E-state index contributed by atoms with van der Waals surface area (Å²) in [7, 11) is 0. The molecule has 0 amide bonds. The highest BCUT2D eigenvalue weighted by atomic mass is 35.5. The number of hydrogen-bond donors (Lipinski definition) is 1. The van der Waals surface area contributed by atoms with Crippen LogP contribution in [-0.4, -0.2) is 0 Å². The second-order valence-corrected chi connectivity index (χ2v) is 2.54. The summed E-state index contributed by atoms with van der Waals surface area (Å²) in [5.41, 5.74) is 7.28. The molecule has 0 aliphatic rings. The van der Waals surface area contributed by atoms with Gasteiger partial charge in [-0.15, -0.1) is 0 Å². The van der Waals surface area contributed by atoms with Crippen molar-refractivity contribution in [2.75, 3.05) is 0 Å². The summed E-state index contributed by atoms with van der Waals surface area (Å²) < 4.78 is 0. The van der Waals surface area contributed by atoms with Crippen LogP contribution in [0.15, 0.2) is 18.2 Å². The monoisotopic (exact) mass is 154 g/mol. The van der Waals surface area contributed by atoms with E-state index in [-0.39, 0.29) is 0 Å². The number of nitrogens with two attached hydrogens (primary N) is 1. The summed E-state index contributed by atoms with van der Waals surface area (Å²) in [6.45, 7) is 4.22. The summed E-state index contributed by atoms with van der Waals surface area (Å²) >= 11 is 5.81. The largest absolute Gasteiger partial charge is 0.326 e. The Kier molecular flexibility index (Phi) is 2.30. The molecular formula is C8H9ClN. The molecular weight excluding hydrogens is 146 g/mol. The predicted octanol–water partition coefficient (Wildman–Crippen LogP) is 1.98. The third-order valence-corrected chi connectivity index (χ3v) is 1.69. The molecule has 0 bridgehead atoms. The van der Waals surface area contributed by atoms with E-state index in [1.54, 1.807) is 0 Å². The predicted molar refractivity (Wildman–Crippen MR) is 43.8 cm³/mol. The first-order valence-electron chi connectivity index (χ1n) is 3.04. The zero-order chi connectivity index (χ0) is 7.56. The van der Waals surface area contributed by atoms with Gasteiger partial charge in [0.05, 0.1) is 0 Å². The van der Waals surface area contributed by atoms with Gasteiger partial charge in [-0.05, 0) is 24.1 Å². The topological polar surface area (TPSA) is 26.0 Å². The lowest BCUT2D eigenvalue weighted by Gasteiger charge is -1.99. The number of halogens is 1. The molecule has 1 rings (SSSR count). The van der Waals surface area contributed by atoms with Gasteiger partial charge < -0.3 is 5.73 Å². The molecule has 0 aliphatic heterocycles. The molecule has 0 spiro atoms. The van der Waals surface area contributed by atoms with E-state index in [1.165, 1.54) is 0 Å². The zero-order valence-corrected chi connectivity index (χ0v) is 6.36. The molecule has 1 radical (unpaired) electrons. The van der Waals surface area contributed by atoms with E-state index in [1.807, 2.05) is 18.2 Å². The smallest absolute Gasteiger partial charge is 0.0453 e. The van der Waals surface area contributed by atoms with E-state index in [0.717, 1.165) is 11.1 Å². The minimum absolute atomic E-state index is 0.485. The van der Waals surface area contributed by atoms with Crippen LogP contribution < -0.4 is 5.73 Å². The Morgan fingerprint density at radius 1 is 1.50 bits per heavy atom. The minimum Gasteiger partial charge on any atom is -0.326 e. The van der Waals surface area contributed by atoms with Gasteiger partial charge in [0.2, 0.25) is 0 Å². The van der Waals surface area contributed by atoms with Crippen LogP contribution >= 0.6 is 11.6 Å². The highest BCUT2D eigenvalue weighted by molar-refractivity contribution is 6.31. The van der Waals surface area contributed by atoms with Crippen LogP contribution in [0.2, 0.25) is 5.02 Å². The van der Waals surface area contributed by atoms with Crippen molar-refractivity contribution in [1.29, 1.82) is 0 Å². The van der Waals surface area contributed by atoms with Crippen LogP contribution in [0.4, 0.5) is 0 Å². The molecule has 0 saturated carbocycles. The van der Waals surface area contributed by atoms with E-state index in [2.05, 4.69) is 6.92 Å². The second-order valence-electron chi connectivity index (χ2n) is 2.13. The first-order chi connectivity index (χ1) is 4.74. The van der Waals surface area contributed by atoms with Crippen molar-refractivity contribution < 1.29 is 0 Å². The van der Waals surface area contributed by atoms with Crippen molar-refractivity contribution in [3.05, 3.63) is 41.3 Å². The number of hydrogen-bond acceptors (Lipinski definition) is 1. The maximum Gasteiger partial charge on any atom is 0.0453 e. The highest BCUT2D eigenvalue weighted by Gasteiger charge is 1.95. The van der Waals surface area contributed by atoms with Gasteiger partial charge in [-0.25, -0.2) is 0 Å². The van der Waals surface area contributed by atoms with Crippen molar-refractivity contribution in [1.82, 2.24) is 0 Å². The molecule has 0 aliphatic carbocycles. The Bertz CT molecular complexity index is 233. The molecule has 1 nitrogen and oxygen atoms in total. The Morgan fingerprint density at radius 3 is 2.70 bits per heavy atom. The van der Waals surface area contributed by atoms with Crippen LogP contribution in [0, 0.1) is 6.92 Å². The summed E-state index contributed by atoms with van der Waals surface area (Å²) in [6, 6.07) is 5.60. The van der Waals surface area contributed by atoms with Gasteiger partial charge in [0.15, 0.2) is 0 Å². The van der Waals surface area contributed by atoms with E-state index < -0.39 is 0 Å². The van der Waals surface area contributed by atoms with Crippen LogP contribution in [0.5, 0.6) is 0 Å². The number of rotatable bonds is 1. The average Bonchev–Trinajstić information content (AvgIpc) is 1.88. The van der Waals surface area contributed by atoms with Crippen LogP contribution in [-0.2, 0) is 6.54 Å². The summed E-state index contributed by atoms with van der Waals surface area (Å²) in [6.07, 6.45) is 0. The van der Waals surface area contributed by atoms with Gasteiger partial charge in [-0.1, -0.05) is 23.7 Å². The standard InChI is InChI=1S/C8H9ClN/c1-6-2-3-7(5-10)8(9)4-6/h2-4H,1,5,10H2. The Hall–Kier alpha value is -0.530. The number of benzene rings is 1. The van der Waals surface area contributed by atoms with Crippen LogP contribution in [0.25, 0.3) is 0 Å². The fourth-order valence-electron chi connectivity index (χ4n) is 0.756. The molecule has 1 aromatic rings. The maximum atomic E-state index is 5.81. The summed E-state index contributed by atoms with van der Waals surface area (Å²) in [5, 5.41) is 0.704. The van der Waals surface area contributed by atoms with Crippen molar-refractivity contribution in [2.45, 2.75) is 6.54 Å². The van der Waals surface area contributed by atoms with Gasteiger partial charge in [-0.3, -0.25) is 0 Å². The Morgan fingerprint density at radius 2 is 2.20 bits per heavy atom. The lowest BCUT2D eigenvalue weighted by Crippen LogP contribution is -1.96. The third-order valence-electron chi connectivity index (χ3n) is 1.34. The Balaban J connectivity index is 3.07. The van der Waals surface area contributed by atoms with Crippen molar-refractivity contribution in [3.63, 3.8) is 0 Å². The summed E-state index contributed by atoms with van der Waals surface area (Å²) in [5.74, 6) is 0. The van der Waals surface area contributed by atoms with Gasteiger partial charge >= 0.3 is 0 Å². The maximum absolute atomic E-state index is 5.81. The quantitative estimate of drug-likeness (QED) is 0.658. The molecule has 0 atom stereocenters. The fraction of sp³-hybridized carbons (Fsp3) is 0.125. The highest BCUT2D eigenvalue weighted by Crippen LogP contribution is 2.16. The molecule has 1 aromatic carbocycles. The van der Waals surface area contributed by atoms with Gasteiger partial charge in [0.1, 0.15) is 0 Å². The lowest BCUT2D eigenvalue weighted by atomic mass is 10.1. The van der Waals surface area contributed by atoms with Crippen molar-refractivity contribution in [2.24, 2.45) is 5.73 Å². The van der Waals surface area contributed by atoms with Crippen molar-refractivity contribution >= 4 is 11.6 Å². The molecule has 0 saturated heterocycles.